The molecule has 0 aromatic carbocycles. The van der Waals surface area contributed by atoms with Crippen LogP contribution < -0.4 is 15.8 Å². The zero-order valence-corrected chi connectivity index (χ0v) is 13.6. The summed E-state index contributed by atoms with van der Waals surface area (Å²) in [7, 11) is 1.56. The van der Waals surface area contributed by atoms with Crippen molar-refractivity contribution in [1.82, 2.24) is 9.97 Å². The number of aromatic nitrogens is 2. The molecule has 0 bridgehead atoms. The molecule has 0 aliphatic rings. The van der Waals surface area contributed by atoms with Gasteiger partial charge in [0.1, 0.15) is 0 Å². The molecule has 3 N–H and O–H groups in total. The monoisotopic (exact) mass is 310 g/mol. The number of esters is 1. The van der Waals surface area contributed by atoms with Gasteiger partial charge in [0.2, 0.25) is 5.95 Å². The van der Waals surface area contributed by atoms with Gasteiger partial charge in [-0.25, -0.2) is 4.98 Å². The summed E-state index contributed by atoms with van der Waals surface area (Å²) >= 11 is 0. The number of rotatable bonds is 10. The molecule has 0 saturated heterocycles. The lowest BCUT2D eigenvalue weighted by Crippen LogP contribution is -2.12. The van der Waals surface area contributed by atoms with Gasteiger partial charge in [0, 0.05) is 13.0 Å². The number of carbonyl (C=O) groups is 1. The first kappa shape index (κ1) is 18.0. The van der Waals surface area contributed by atoms with E-state index < -0.39 is 0 Å². The fraction of sp³-hybridized carbons (Fsp3) is 0.667. The molecule has 1 rings (SSSR count). The summed E-state index contributed by atoms with van der Waals surface area (Å²) in [6, 6.07) is 0. The van der Waals surface area contributed by atoms with Crippen molar-refractivity contribution in [3.8, 4) is 5.75 Å². The van der Waals surface area contributed by atoms with Gasteiger partial charge in [-0.15, -0.1) is 0 Å². The molecule has 1 aromatic heterocycles. The van der Waals surface area contributed by atoms with Crippen molar-refractivity contribution in [3.63, 3.8) is 0 Å². The Morgan fingerprint density at radius 1 is 1.27 bits per heavy atom. The average molecular weight is 310 g/mol. The standard InChI is InChI=1S/C15H26N4O3/c1-4-6-7-10-17-14-13(21-3)11(18-15(16)19-14)8-9-12(20)22-5-2/h4-10H2,1-3H3,(H3,16,17,18,19). The third-order valence-corrected chi connectivity index (χ3v) is 3.10. The SMILES string of the molecule is CCCCCNc1nc(N)nc(CCC(=O)OCC)c1OC. The van der Waals surface area contributed by atoms with E-state index in [1.807, 2.05) is 0 Å². The van der Waals surface area contributed by atoms with Crippen molar-refractivity contribution in [2.45, 2.75) is 46.0 Å². The zero-order valence-electron chi connectivity index (χ0n) is 13.6. The van der Waals surface area contributed by atoms with Crippen LogP contribution in [0.4, 0.5) is 11.8 Å². The van der Waals surface area contributed by atoms with E-state index in [-0.39, 0.29) is 18.3 Å². The maximum absolute atomic E-state index is 11.5. The summed E-state index contributed by atoms with van der Waals surface area (Å²) in [5, 5.41) is 3.22. The lowest BCUT2D eigenvalue weighted by Gasteiger charge is -2.14. The summed E-state index contributed by atoms with van der Waals surface area (Å²) < 4.78 is 10.3. The van der Waals surface area contributed by atoms with Crippen molar-refractivity contribution in [1.29, 1.82) is 0 Å². The molecule has 0 spiro atoms. The highest BCUT2D eigenvalue weighted by Gasteiger charge is 2.15. The highest BCUT2D eigenvalue weighted by atomic mass is 16.5. The molecule has 0 radical (unpaired) electrons. The number of nitrogens with zero attached hydrogens (tertiary/aromatic N) is 2. The Morgan fingerprint density at radius 3 is 2.68 bits per heavy atom. The number of nitrogens with one attached hydrogen (secondary N) is 1. The second-order valence-electron chi connectivity index (χ2n) is 4.85. The second-order valence-corrected chi connectivity index (χ2v) is 4.85. The molecule has 1 aromatic rings. The Hall–Kier alpha value is -2.05. The van der Waals surface area contributed by atoms with Gasteiger partial charge in [0.05, 0.1) is 25.8 Å². The van der Waals surface area contributed by atoms with Gasteiger partial charge < -0.3 is 20.5 Å². The van der Waals surface area contributed by atoms with Gasteiger partial charge in [0.25, 0.3) is 0 Å². The summed E-state index contributed by atoms with van der Waals surface area (Å²) in [4.78, 5) is 19.8. The molecule has 0 atom stereocenters. The van der Waals surface area contributed by atoms with Crippen molar-refractivity contribution >= 4 is 17.7 Å². The quantitative estimate of drug-likeness (QED) is 0.504. The van der Waals surface area contributed by atoms with Crippen LogP contribution in [-0.4, -0.2) is 36.2 Å². The number of hydrogen-bond acceptors (Lipinski definition) is 7. The molecule has 0 aliphatic carbocycles. The van der Waals surface area contributed by atoms with E-state index in [0.29, 0.717) is 30.3 Å². The molecule has 0 fully saturated rings. The Labute approximate surface area is 131 Å². The topological polar surface area (TPSA) is 99.4 Å². The number of unbranched alkanes of at least 4 members (excludes halogenated alkanes) is 2. The van der Waals surface area contributed by atoms with E-state index in [2.05, 4.69) is 22.2 Å². The van der Waals surface area contributed by atoms with Gasteiger partial charge in [-0.1, -0.05) is 19.8 Å². The van der Waals surface area contributed by atoms with Crippen LogP contribution in [0.15, 0.2) is 0 Å². The van der Waals surface area contributed by atoms with Crippen molar-refractivity contribution in [2.75, 3.05) is 31.3 Å². The van der Waals surface area contributed by atoms with Crippen LogP contribution in [0.25, 0.3) is 0 Å². The molecule has 0 amide bonds. The fourth-order valence-corrected chi connectivity index (χ4v) is 2.06. The number of aryl methyl sites for hydroxylation is 1. The van der Waals surface area contributed by atoms with Crippen LogP contribution in [0.3, 0.4) is 0 Å². The van der Waals surface area contributed by atoms with Gasteiger partial charge in [-0.05, 0) is 13.3 Å². The molecule has 124 valence electrons. The Morgan fingerprint density at radius 2 is 2.05 bits per heavy atom. The summed E-state index contributed by atoms with van der Waals surface area (Å²) in [5.41, 5.74) is 6.36. The van der Waals surface area contributed by atoms with Crippen molar-refractivity contribution in [2.24, 2.45) is 0 Å². The molecule has 0 saturated carbocycles. The third-order valence-electron chi connectivity index (χ3n) is 3.10. The average Bonchev–Trinajstić information content (AvgIpc) is 2.49. The normalized spacial score (nSPS) is 10.3. The lowest BCUT2D eigenvalue weighted by atomic mass is 10.2. The van der Waals surface area contributed by atoms with Gasteiger partial charge >= 0.3 is 5.97 Å². The highest BCUT2D eigenvalue weighted by molar-refractivity contribution is 5.70. The summed E-state index contributed by atoms with van der Waals surface area (Å²) in [5.74, 6) is 1.01. The minimum Gasteiger partial charge on any atom is -0.491 e. The van der Waals surface area contributed by atoms with Crippen LogP contribution in [0.2, 0.25) is 0 Å². The largest absolute Gasteiger partial charge is 0.491 e. The zero-order chi connectivity index (χ0) is 16.4. The maximum Gasteiger partial charge on any atom is 0.306 e. The number of methoxy groups -OCH3 is 1. The predicted octanol–water partition coefficient (Wildman–Crippen LogP) is 2.17. The molecular weight excluding hydrogens is 284 g/mol. The van der Waals surface area contributed by atoms with Gasteiger partial charge in [0.15, 0.2) is 11.6 Å². The van der Waals surface area contributed by atoms with E-state index in [1.165, 1.54) is 0 Å². The Kier molecular flexibility index (Phi) is 8.03. The second kappa shape index (κ2) is 9.81. The van der Waals surface area contributed by atoms with Crippen molar-refractivity contribution in [3.05, 3.63) is 5.69 Å². The molecular formula is C15H26N4O3. The van der Waals surface area contributed by atoms with E-state index >= 15 is 0 Å². The highest BCUT2D eigenvalue weighted by Crippen LogP contribution is 2.27. The van der Waals surface area contributed by atoms with Crippen LogP contribution in [-0.2, 0) is 16.0 Å². The molecule has 22 heavy (non-hydrogen) atoms. The van der Waals surface area contributed by atoms with E-state index in [4.69, 9.17) is 15.2 Å². The van der Waals surface area contributed by atoms with Gasteiger partial charge in [-0.2, -0.15) is 4.98 Å². The van der Waals surface area contributed by atoms with Crippen molar-refractivity contribution < 1.29 is 14.3 Å². The van der Waals surface area contributed by atoms with Crippen LogP contribution in [0.5, 0.6) is 5.75 Å². The van der Waals surface area contributed by atoms with E-state index in [0.717, 1.165) is 25.8 Å². The van der Waals surface area contributed by atoms with Crippen LogP contribution >= 0.6 is 0 Å². The molecule has 0 aliphatic heterocycles. The first-order valence-corrected chi connectivity index (χ1v) is 7.72. The number of anilines is 2. The number of hydrogen-bond donors (Lipinski definition) is 2. The molecule has 7 nitrogen and oxygen atoms in total. The van der Waals surface area contributed by atoms with Crippen LogP contribution in [0, 0.1) is 0 Å². The van der Waals surface area contributed by atoms with E-state index in [9.17, 15) is 4.79 Å². The molecule has 1 heterocycles. The Bertz CT molecular complexity index is 480. The summed E-state index contributed by atoms with van der Waals surface area (Å²) in [6.45, 7) is 5.08. The maximum atomic E-state index is 11.5. The lowest BCUT2D eigenvalue weighted by molar-refractivity contribution is -0.143. The number of carbonyl (C=O) groups excluding carboxylic acids is 1. The van der Waals surface area contributed by atoms with Crippen LogP contribution in [0.1, 0.15) is 45.2 Å². The van der Waals surface area contributed by atoms with E-state index in [1.54, 1.807) is 14.0 Å². The third kappa shape index (κ3) is 5.75. The fourth-order valence-electron chi connectivity index (χ4n) is 2.06. The predicted molar refractivity (Wildman–Crippen MR) is 86.0 cm³/mol. The summed E-state index contributed by atoms with van der Waals surface area (Å²) in [6.07, 6.45) is 3.97. The molecule has 0 unspecified atom stereocenters. The minimum absolute atomic E-state index is 0.164. The first-order valence-electron chi connectivity index (χ1n) is 7.72. The Balaban J connectivity index is 2.78. The first-order chi connectivity index (χ1) is 10.6. The number of ether oxygens (including phenoxy) is 2. The molecule has 7 heteroatoms. The smallest absolute Gasteiger partial charge is 0.306 e. The number of nitrogen functional groups attached to an aromatic ring is 1. The van der Waals surface area contributed by atoms with Gasteiger partial charge in [-0.3, -0.25) is 4.79 Å². The minimum atomic E-state index is -0.265. The number of nitrogens with two attached hydrogens (primary N) is 1.